The van der Waals surface area contributed by atoms with Gasteiger partial charge in [-0.1, -0.05) is 12.1 Å². The third-order valence-corrected chi connectivity index (χ3v) is 7.75. The van der Waals surface area contributed by atoms with Crippen molar-refractivity contribution in [1.29, 1.82) is 0 Å². The number of anilines is 3. The highest BCUT2D eigenvalue weighted by atomic mass is 32.1. The number of methoxy groups -OCH3 is 1. The van der Waals surface area contributed by atoms with Gasteiger partial charge >= 0.3 is 0 Å². The zero-order valence-corrected chi connectivity index (χ0v) is 20.8. The zero-order chi connectivity index (χ0) is 24.6. The lowest BCUT2D eigenvalue weighted by Crippen LogP contribution is -2.47. The van der Waals surface area contributed by atoms with E-state index >= 15 is 0 Å². The number of nitrogens with zero attached hydrogens (tertiary/aromatic N) is 4. The highest BCUT2D eigenvalue weighted by Gasteiger charge is 2.26. The van der Waals surface area contributed by atoms with E-state index < -0.39 is 0 Å². The third kappa shape index (κ3) is 3.93. The van der Waals surface area contributed by atoms with Gasteiger partial charge in [-0.05, 0) is 36.8 Å². The standard InChI is InChI=1S/C26H25N5O4S/c1-16-22-24(31-11-9-30(10-12-31)18-5-3-4-6-19(18)33-2)27-14-28-26(22)36-23(16)25(32)29-17-7-8-20-21(13-17)35-15-34-20/h3-8,13-14H,9-12,15H2,1-2H3,(H,29,32). The van der Waals surface area contributed by atoms with Gasteiger partial charge in [-0.2, -0.15) is 0 Å². The number of fused-ring (bicyclic) bond motifs is 2. The number of piperazine rings is 1. The van der Waals surface area contributed by atoms with Crippen LogP contribution in [0.5, 0.6) is 17.2 Å². The molecule has 2 aliphatic rings. The lowest BCUT2D eigenvalue weighted by molar-refractivity contribution is 0.103. The van der Waals surface area contributed by atoms with Crippen LogP contribution in [0.15, 0.2) is 48.8 Å². The fourth-order valence-corrected chi connectivity index (χ4v) is 5.76. The number of amides is 1. The summed E-state index contributed by atoms with van der Waals surface area (Å²) >= 11 is 1.38. The molecular weight excluding hydrogens is 478 g/mol. The van der Waals surface area contributed by atoms with E-state index in [2.05, 4.69) is 31.2 Å². The second-order valence-corrected chi connectivity index (χ2v) is 9.60. The fraction of sp³-hybridized carbons (Fsp3) is 0.269. The summed E-state index contributed by atoms with van der Waals surface area (Å²) < 4.78 is 16.3. The van der Waals surface area contributed by atoms with Crippen molar-refractivity contribution in [3.8, 4) is 17.2 Å². The number of ether oxygens (including phenoxy) is 3. The average molecular weight is 504 g/mol. The van der Waals surface area contributed by atoms with E-state index in [4.69, 9.17) is 14.2 Å². The molecule has 6 rings (SSSR count). The fourth-order valence-electron chi connectivity index (χ4n) is 4.72. The molecule has 0 bridgehead atoms. The maximum atomic E-state index is 13.2. The topological polar surface area (TPSA) is 89.1 Å². The number of rotatable bonds is 5. The molecule has 4 heterocycles. The Hall–Kier alpha value is -4.05. The van der Waals surface area contributed by atoms with Crippen molar-refractivity contribution in [2.75, 3.05) is 55.2 Å². The van der Waals surface area contributed by atoms with Crippen LogP contribution in [0.1, 0.15) is 15.2 Å². The Balaban J connectivity index is 1.23. The molecule has 0 unspecified atom stereocenters. The summed E-state index contributed by atoms with van der Waals surface area (Å²) in [5, 5.41) is 3.91. The van der Waals surface area contributed by atoms with Crippen LogP contribution < -0.4 is 29.3 Å². The van der Waals surface area contributed by atoms with Crippen LogP contribution in [0.4, 0.5) is 17.2 Å². The van der Waals surface area contributed by atoms with Gasteiger partial charge in [0.25, 0.3) is 5.91 Å². The van der Waals surface area contributed by atoms with Crippen molar-refractivity contribution in [2.45, 2.75) is 6.92 Å². The van der Waals surface area contributed by atoms with Crippen LogP contribution in [0.2, 0.25) is 0 Å². The van der Waals surface area contributed by atoms with Gasteiger partial charge in [0.1, 0.15) is 22.7 Å². The van der Waals surface area contributed by atoms with E-state index in [-0.39, 0.29) is 12.7 Å². The summed E-state index contributed by atoms with van der Waals surface area (Å²) in [6.45, 7) is 5.44. The second-order valence-electron chi connectivity index (χ2n) is 8.60. The number of thiophene rings is 1. The van der Waals surface area contributed by atoms with E-state index in [1.807, 2.05) is 25.1 Å². The van der Waals surface area contributed by atoms with Gasteiger partial charge in [0.15, 0.2) is 11.5 Å². The SMILES string of the molecule is COc1ccccc1N1CCN(c2ncnc3sc(C(=O)Nc4ccc5c(c4)OCO5)c(C)c23)CC1. The Kier molecular flexibility index (Phi) is 5.73. The molecule has 0 atom stereocenters. The van der Waals surface area contributed by atoms with Crippen molar-refractivity contribution >= 4 is 44.7 Å². The molecule has 10 heteroatoms. The predicted octanol–water partition coefficient (Wildman–Crippen LogP) is 4.32. The summed E-state index contributed by atoms with van der Waals surface area (Å²) in [5.41, 5.74) is 2.64. The molecule has 0 radical (unpaired) electrons. The van der Waals surface area contributed by atoms with Gasteiger partial charge in [0, 0.05) is 37.9 Å². The summed E-state index contributed by atoms with van der Waals surface area (Å²) in [7, 11) is 1.70. The Morgan fingerprint density at radius 2 is 1.81 bits per heavy atom. The van der Waals surface area contributed by atoms with Crippen LogP contribution in [0, 0.1) is 6.92 Å². The first-order valence-electron chi connectivity index (χ1n) is 11.7. The third-order valence-electron chi connectivity index (χ3n) is 6.55. The largest absolute Gasteiger partial charge is 0.495 e. The Labute approximate surface area is 212 Å². The molecule has 0 spiro atoms. The number of nitrogens with one attached hydrogen (secondary N) is 1. The molecule has 2 aliphatic heterocycles. The Morgan fingerprint density at radius 3 is 2.64 bits per heavy atom. The number of benzene rings is 2. The van der Waals surface area contributed by atoms with Gasteiger partial charge in [-0.3, -0.25) is 4.79 Å². The summed E-state index contributed by atoms with van der Waals surface area (Å²) in [6.07, 6.45) is 1.58. The molecule has 184 valence electrons. The second kappa shape index (κ2) is 9.19. The van der Waals surface area contributed by atoms with Crippen molar-refractivity contribution in [1.82, 2.24) is 9.97 Å². The number of aromatic nitrogens is 2. The molecule has 2 aromatic carbocycles. The number of carbonyl (C=O) groups is 1. The van der Waals surface area contributed by atoms with E-state index in [9.17, 15) is 4.79 Å². The van der Waals surface area contributed by atoms with Gasteiger partial charge < -0.3 is 29.3 Å². The molecule has 0 aliphatic carbocycles. The van der Waals surface area contributed by atoms with Gasteiger partial charge in [-0.15, -0.1) is 11.3 Å². The summed E-state index contributed by atoms with van der Waals surface area (Å²) in [6, 6.07) is 13.5. The molecule has 4 aromatic rings. The number of carbonyl (C=O) groups excluding carboxylic acids is 1. The molecule has 1 fully saturated rings. The molecule has 2 aromatic heterocycles. The lowest BCUT2D eigenvalue weighted by Gasteiger charge is -2.37. The van der Waals surface area contributed by atoms with Crippen molar-refractivity contribution < 1.29 is 19.0 Å². The molecule has 1 N–H and O–H groups in total. The van der Waals surface area contributed by atoms with Crippen LogP contribution in [-0.4, -0.2) is 56.0 Å². The van der Waals surface area contributed by atoms with Gasteiger partial charge in [0.2, 0.25) is 6.79 Å². The van der Waals surface area contributed by atoms with Crippen molar-refractivity contribution in [3.05, 3.63) is 59.2 Å². The molecule has 9 nitrogen and oxygen atoms in total. The van der Waals surface area contributed by atoms with Crippen LogP contribution >= 0.6 is 11.3 Å². The number of aryl methyl sites for hydroxylation is 1. The minimum Gasteiger partial charge on any atom is -0.495 e. The zero-order valence-electron chi connectivity index (χ0n) is 20.0. The van der Waals surface area contributed by atoms with Crippen molar-refractivity contribution in [3.63, 3.8) is 0 Å². The van der Waals surface area contributed by atoms with Gasteiger partial charge in [0.05, 0.1) is 23.1 Å². The summed E-state index contributed by atoms with van der Waals surface area (Å²) in [4.78, 5) is 28.3. The molecule has 36 heavy (non-hydrogen) atoms. The maximum Gasteiger partial charge on any atom is 0.266 e. The monoisotopic (exact) mass is 503 g/mol. The number of hydrogen-bond acceptors (Lipinski definition) is 9. The van der Waals surface area contributed by atoms with E-state index in [1.165, 1.54) is 11.3 Å². The first kappa shape index (κ1) is 22.4. The average Bonchev–Trinajstić information content (AvgIpc) is 3.52. The van der Waals surface area contributed by atoms with E-state index in [1.54, 1.807) is 31.6 Å². The van der Waals surface area contributed by atoms with Crippen LogP contribution in [-0.2, 0) is 0 Å². The lowest BCUT2D eigenvalue weighted by atomic mass is 10.1. The first-order valence-corrected chi connectivity index (χ1v) is 12.5. The smallest absolute Gasteiger partial charge is 0.266 e. The van der Waals surface area contributed by atoms with Gasteiger partial charge in [-0.25, -0.2) is 9.97 Å². The molecule has 0 saturated carbocycles. The predicted molar refractivity (Wildman–Crippen MR) is 140 cm³/mol. The molecular formula is C26H25N5O4S. The van der Waals surface area contributed by atoms with Crippen LogP contribution in [0.3, 0.4) is 0 Å². The molecule has 1 saturated heterocycles. The number of para-hydroxylation sites is 2. The van der Waals surface area contributed by atoms with E-state index in [0.717, 1.165) is 59.2 Å². The Bertz CT molecular complexity index is 1450. The first-order chi connectivity index (χ1) is 17.6. The number of hydrogen-bond donors (Lipinski definition) is 1. The molecule has 1 amide bonds. The highest BCUT2D eigenvalue weighted by molar-refractivity contribution is 7.20. The minimum absolute atomic E-state index is 0.179. The van der Waals surface area contributed by atoms with Crippen molar-refractivity contribution in [2.24, 2.45) is 0 Å². The van der Waals surface area contributed by atoms with E-state index in [0.29, 0.717) is 22.1 Å². The summed E-state index contributed by atoms with van der Waals surface area (Å²) in [5.74, 6) is 2.87. The maximum absolute atomic E-state index is 13.2. The minimum atomic E-state index is -0.179. The quantitative estimate of drug-likeness (QED) is 0.431. The Morgan fingerprint density at radius 1 is 1.03 bits per heavy atom. The highest BCUT2D eigenvalue weighted by Crippen LogP contribution is 2.38. The normalized spacial score (nSPS) is 14.8. The van der Waals surface area contributed by atoms with Crippen LogP contribution in [0.25, 0.3) is 10.2 Å².